The van der Waals surface area contributed by atoms with Gasteiger partial charge in [-0.1, -0.05) is 27.7 Å². The zero-order valence-corrected chi connectivity index (χ0v) is 13.4. The topological polar surface area (TPSA) is 21.3 Å². The summed E-state index contributed by atoms with van der Waals surface area (Å²) in [5.41, 5.74) is 0.359. The van der Waals surface area contributed by atoms with E-state index in [1.165, 1.54) is 44.9 Å². The Balaban J connectivity index is 1.81. The van der Waals surface area contributed by atoms with Gasteiger partial charge in [-0.15, -0.1) is 0 Å². The van der Waals surface area contributed by atoms with Gasteiger partial charge in [0.2, 0.25) is 0 Å². The van der Waals surface area contributed by atoms with Crippen molar-refractivity contribution >= 4 is 0 Å². The van der Waals surface area contributed by atoms with Crippen molar-refractivity contribution < 1.29 is 4.74 Å². The Morgan fingerprint density at radius 2 is 1.84 bits per heavy atom. The van der Waals surface area contributed by atoms with E-state index in [9.17, 15) is 0 Å². The average molecular weight is 267 g/mol. The second-order valence-corrected chi connectivity index (χ2v) is 7.11. The Hall–Kier alpha value is -0.0800. The van der Waals surface area contributed by atoms with Crippen molar-refractivity contribution in [3.63, 3.8) is 0 Å². The van der Waals surface area contributed by atoms with Crippen LogP contribution in [-0.2, 0) is 4.74 Å². The van der Waals surface area contributed by atoms with Gasteiger partial charge in [0.05, 0.1) is 12.2 Å². The number of rotatable bonds is 6. The van der Waals surface area contributed by atoms with Crippen molar-refractivity contribution in [3.8, 4) is 0 Å². The van der Waals surface area contributed by atoms with Crippen LogP contribution in [0.1, 0.15) is 72.6 Å². The predicted molar refractivity (Wildman–Crippen MR) is 81.4 cm³/mol. The monoisotopic (exact) mass is 267 g/mol. The van der Waals surface area contributed by atoms with Gasteiger partial charge in [-0.05, 0) is 57.4 Å². The van der Waals surface area contributed by atoms with E-state index in [0.717, 1.165) is 12.5 Å². The lowest BCUT2D eigenvalue weighted by Crippen LogP contribution is -2.63. The first-order valence-electron chi connectivity index (χ1n) is 8.49. The molecule has 3 unspecified atom stereocenters. The summed E-state index contributed by atoms with van der Waals surface area (Å²) in [7, 11) is 0. The molecule has 0 aromatic heterocycles. The lowest BCUT2D eigenvalue weighted by Gasteiger charge is -2.55. The van der Waals surface area contributed by atoms with Crippen molar-refractivity contribution in [1.29, 1.82) is 0 Å². The molecule has 0 amide bonds. The fourth-order valence-electron chi connectivity index (χ4n) is 3.73. The minimum Gasteiger partial charge on any atom is -0.374 e. The predicted octanol–water partition coefficient (Wildman–Crippen LogP) is 4.14. The van der Waals surface area contributed by atoms with Gasteiger partial charge in [-0.2, -0.15) is 0 Å². The highest BCUT2D eigenvalue weighted by Gasteiger charge is 2.51. The highest BCUT2D eigenvalue weighted by molar-refractivity contribution is 5.05. The third-order valence-electron chi connectivity index (χ3n) is 5.70. The molecule has 2 nitrogen and oxygen atoms in total. The molecule has 0 aliphatic heterocycles. The SMILES string of the molecule is CCCNC1CC(OC2CCC(C)CC2)C1(C)CC. The van der Waals surface area contributed by atoms with Gasteiger partial charge < -0.3 is 10.1 Å². The van der Waals surface area contributed by atoms with Crippen molar-refractivity contribution in [2.45, 2.75) is 90.9 Å². The summed E-state index contributed by atoms with van der Waals surface area (Å²) in [4.78, 5) is 0. The van der Waals surface area contributed by atoms with Crippen LogP contribution in [0.15, 0.2) is 0 Å². The van der Waals surface area contributed by atoms with Crippen LogP contribution >= 0.6 is 0 Å². The fourth-order valence-corrected chi connectivity index (χ4v) is 3.73. The molecular weight excluding hydrogens is 234 g/mol. The van der Waals surface area contributed by atoms with Gasteiger partial charge in [0.25, 0.3) is 0 Å². The molecule has 112 valence electrons. The van der Waals surface area contributed by atoms with Crippen molar-refractivity contribution in [1.82, 2.24) is 5.32 Å². The van der Waals surface area contributed by atoms with Gasteiger partial charge in [-0.25, -0.2) is 0 Å². The Morgan fingerprint density at radius 1 is 1.16 bits per heavy atom. The summed E-state index contributed by atoms with van der Waals surface area (Å²) >= 11 is 0. The average Bonchev–Trinajstić information content (AvgIpc) is 2.43. The van der Waals surface area contributed by atoms with Gasteiger partial charge in [-0.3, -0.25) is 0 Å². The van der Waals surface area contributed by atoms with Crippen LogP contribution in [0, 0.1) is 11.3 Å². The van der Waals surface area contributed by atoms with Gasteiger partial charge in [0.15, 0.2) is 0 Å². The number of hydrogen-bond donors (Lipinski definition) is 1. The van der Waals surface area contributed by atoms with Crippen molar-refractivity contribution in [2.24, 2.45) is 11.3 Å². The first-order valence-corrected chi connectivity index (χ1v) is 8.49. The summed E-state index contributed by atoms with van der Waals surface area (Å²) in [5.74, 6) is 0.915. The Kier molecular flexibility index (Phi) is 5.30. The van der Waals surface area contributed by atoms with Crippen LogP contribution in [-0.4, -0.2) is 24.8 Å². The molecule has 0 radical (unpaired) electrons. The highest BCUT2D eigenvalue weighted by atomic mass is 16.5. The number of hydrogen-bond acceptors (Lipinski definition) is 2. The molecule has 3 atom stereocenters. The van der Waals surface area contributed by atoms with E-state index < -0.39 is 0 Å². The first kappa shape index (κ1) is 15.3. The van der Waals surface area contributed by atoms with Crippen LogP contribution in [0.5, 0.6) is 0 Å². The summed E-state index contributed by atoms with van der Waals surface area (Å²) < 4.78 is 6.45. The molecule has 2 heteroatoms. The Bertz CT molecular complexity index is 272. The van der Waals surface area contributed by atoms with E-state index in [2.05, 4.69) is 33.0 Å². The molecule has 2 fully saturated rings. The van der Waals surface area contributed by atoms with Crippen molar-refractivity contribution in [2.75, 3.05) is 6.54 Å². The second kappa shape index (κ2) is 6.58. The largest absolute Gasteiger partial charge is 0.374 e. The molecule has 2 aliphatic carbocycles. The molecule has 1 N–H and O–H groups in total. The van der Waals surface area contributed by atoms with Crippen molar-refractivity contribution in [3.05, 3.63) is 0 Å². The third kappa shape index (κ3) is 3.33. The molecule has 0 aromatic carbocycles. The lowest BCUT2D eigenvalue weighted by atomic mass is 9.61. The van der Waals surface area contributed by atoms with Crippen LogP contribution in [0.3, 0.4) is 0 Å². The standard InChI is InChI=1S/C17H33NO/c1-5-11-18-15-12-16(17(15,4)6-2)19-14-9-7-13(3)8-10-14/h13-16,18H,5-12H2,1-4H3. The molecule has 2 aliphatic rings. The van der Waals surface area contributed by atoms with Crippen LogP contribution in [0.25, 0.3) is 0 Å². The Labute approximate surface area is 119 Å². The summed E-state index contributed by atoms with van der Waals surface area (Å²) in [6.45, 7) is 10.5. The van der Waals surface area contributed by atoms with E-state index in [-0.39, 0.29) is 0 Å². The van der Waals surface area contributed by atoms with E-state index in [1.807, 2.05) is 0 Å². The smallest absolute Gasteiger partial charge is 0.0662 e. The van der Waals surface area contributed by atoms with Gasteiger partial charge in [0.1, 0.15) is 0 Å². The van der Waals surface area contributed by atoms with Gasteiger partial charge >= 0.3 is 0 Å². The minimum atomic E-state index is 0.359. The fraction of sp³-hybridized carbons (Fsp3) is 1.00. The molecule has 2 saturated carbocycles. The summed E-state index contributed by atoms with van der Waals surface area (Å²) in [5, 5.41) is 3.70. The lowest BCUT2D eigenvalue weighted by molar-refractivity contribution is -0.164. The molecule has 2 rings (SSSR count). The number of nitrogens with one attached hydrogen (secondary N) is 1. The van der Waals surface area contributed by atoms with E-state index in [1.54, 1.807) is 0 Å². The molecule has 0 spiro atoms. The van der Waals surface area contributed by atoms with Crippen LogP contribution < -0.4 is 5.32 Å². The van der Waals surface area contributed by atoms with Crippen LogP contribution in [0.4, 0.5) is 0 Å². The molecular formula is C17H33NO. The molecule has 0 bridgehead atoms. The minimum absolute atomic E-state index is 0.359. The van der Waals surface area contributed by atoms with E-state index in [4.69, 9.17) is 4.74 Å². The Morgan fingerprint density at radius 3 is 2.42 bits per heavy atom. The maximum Gasteiger partial charge on any atom is 0.0662 e. The van der Waals surface area contributed by atoms with E-state index in [0.29, 0.717) is 23.7 Å². The summed E-state index contributed by atoms with van der Waals surface area (Å²) in [6.07, 6.45) is 9.98. The number of ether oxygens (including phenoxy) is 1. The van der Waals surface area contributed by atoms with E-state index >= 15 is 0 Å². The first-order chi connectivity index (χ1) is 9.10. The molecule has 0 aromatic rings. The third-order valence-corrected chi connectivity index (χ3v) is 5.70. The maximum atomic E-state index is 6.45. The molecule has 0 heterocycles. The highest BCUT2D eigenvalue weighted by Crippen LogP contribution is 2.47. The zero-order valence-electron chi connectivity index (χ0n) is 13.4. The maximum absolute atomic E-state index is 6.45. The molecule has 19 heavy (non-hydrogen) atoms. The van der Waals surface area contributed by atoms with Gasteiger partial charge in [0, 0.05) is 11.5 Å². The second-order valence-electron chi connectivity index (χ2n) is 7.11. The quantitative estimate of drug-likeness (QED) is 0.781. The summed E-state index contributed by atoms with van der Waals surface area (Å²) in [6, 6.07) is 0.671. The molecule has 0 saturated heterocycles. The zero-order chi connectivity index (χ0) is 13.9. The normalized spacial score (nSPS) is 42.9. The van der Waals surface area contributed by atoms with Crippen LogP contribution in [0.2, 0.25) is 0 Å².